The van der Waals surface area contributed by atoms with Crippen molar-refractivity contribution in [2.45, 2.75) is 51.7 Å². The van der Waals surface area contributed by atoms with E-state index in [2.05, 4.69) is 54.2 Å². The summed E-state index contributed by atoms with van der Waals surface area (Å²) < 4.78 is 7.62. The predicted molar refractivity (Wildman–Crippen MR) is 179 cm³/mol. The number of allylic oxidation sites excluding steroid dienone is 1. The van der Waals surface area contributed by atoms with Crippen LogP contribution in [0.2, 0.25) is 10.0 Å². The number of benzene rings is 3. The second-order valence-corrected chi connectivity index (χ2v) is 13.2. The third-order valence-corrected chi connectivity index (χ3v) is 9.94. The zero-order valence-electron chi connectivity index (χ0n) is 24.9. The molecule has 6 nitrogen and oxygen atoms in total. The van der Waals surface area contributed by atoms with Crippen LogP contribution < -0.4 is 5.32 Å². The van der Waals surface area contributed by atoms with Gasteiger partial charge in [-0.05, 0) is 60.7 Å². The molecule has 0 bridgehead atoms. The summed E-state index contributed by atoms with van der Waals surface area (Å²) >= 11 is 13.9. The number of para-hydroxylation sites is 1. The molecule has 2 aliphatic rings. The summed E-state index contributed by atoms with van der Waals surface area (Å²) in [6.45, 7) is 8.79. The average molecular weight is 647 g/mol. The van der Waals surface area contributed by atoms with Gasteiger partial charge in [-0.1, -0.05) is 97.3 Å². The van der Waals surface area contributed by atoms with Crippen LogP contribution in [0.3, 0.4) is 0 Å². The lowest BCUT2D eigenvalue weighted by molar-refractivity contribution is -0.140. The lowest BCUT2D eigenvalue weighted by Crippen LogP contribution is -2.49. The summed E-state index contributed by atoms with van der Waals surface area (Å²) in [6, 6.07) is 21.4. The highest BCUT2D eigenvalue weighted by Gasteiger charge is 2.48. The minimum atomic E-state index is -0.580. The number of thioether (sulfide) groups is 1. The first-order valence-corrected chi connectivity index (χ1v) is 16.3. The fourth-order valence-electron chi connectivity index (χ4n) is 5.88. The van der Waals surface area contributed by atoms with E-state index in [1.165, 1.54) is 17.3 Å². The van der Waals surface area contributed by atoms with Crippen molar-refractivity contribution in [1.29, 1.82) is 0 Å². The number of halogens is 2. The van der Waals surface area contributed by atoms with Crippen molar-refractivity contribution in [2.24, 2.45) is 0 Å². The second-order valence-electron chi connectivity index (χ2n) is 11.3. The third kappa shape index (κ3) is 5.65. The van der Waals surface area contributed by atoms with Crippen LogP contribution in [-0.2, 0) is 20.9 Å². The van der Waals surface area contributed by atoms with Crippen LogP contribution in [-0.4, -0.2) is 33.4 Å². The fourth-order valence-corrected chi connectivity index (χ4v) is 7.41. The lowest BCUT2D eigenvalue weighted by Gasteiger charge is -2.39. The zero-order chi connectivity index (χ0) is 31.1. The first-order chi connectivity index (χ1) is 21.2. The van der Waals surface area contributed by atoms with Crippen LogP contribution in [0.15, 0.2) is 89.1 Å². The lowest BCUT2D eigenvalue weighted by atomic mass is 9.91. The maximum absolute atomic E-state index is 14.2. The van der Waals surface area contributed by atoms with Gasteiger partial charge >= 0.3 is 5.97 Å². The third-order valence-electron chi connectivity index (χ3n) is 8.09. The van der Waals surface area contributed by atoms with Crippen LogP contribution in [0, 0.1) is 0 Å². The summed E-state index contributed by atoms with van der Waals surface area (Å²) in [5.41, 5.74) is 5.86. The van der Waals surface area contributed by atoms with Crippen LogP contribution in [0.1, 0.15) is 61.9 Å². The molecular weight excluding hydrogens is 613 g/mol. The molecule has 1 saturated heterocycles. The molecular formula is C35H33Cl2N3O3S. The Bertz CT molecular complexity index is 1830. The highest BCUT2D eigenvalue weighted by atomic mass is 35.5. The Morgan fingerprint density at radius 2 is 1.82 bits per heavy atom. The van der Waals surface area contributed by atoms with E-state index in [4.69, 9.17) is 27.9 Å². The number of nitrogens with zero attached hydrogens (tertiary/aromatic N) is 2. The summed E-state index contributed by atoms with van der Waals surface area (Å²) in [5.74, 6) is -0.195. The van der Waals surface area contributed by atoms with E-state index >= 15 is 0 Å². The Morgan fingerprint density at radius 1 is 1.07 bits per heavy atom. The molecule has 1 aromatic heterocycles. The number of ether oxygens (including phenoxy) is 1. The normalized spacial score (nSPS) is 19.2. The number of aromatic nitrogens is 1. The highest BCUT2D eigenvalue weighted by Crippen LogP contribution is 2.47. The summed E-state index contributed by atoms with van der Waals surface area (Å²) in [4.78, 5) is 29.9. The Kier molecular flexibility index (Phi) is 8.55. The van der Waals surface area contributed by atoms with E-state index < -0.39 is 12.0 Å². The van der Waals surface area contributed by atoms with Crippen LogP contribution in [0.5, 0.6) is 0 Å². The Balaban J connectivity index is 1.39. The van der Waals surface area contributed by atoms with Crippen LogP contribution >= 0.6 is 35.0 Å². The minimum Gasteiger partial charge on any atom is -0.463 e. The van der Waals surface area contributed by atoms with Gasteiger partial charge in [-0.3, -0.25) is 9.69 Å². The Hall–Kier alpha value is -3.65. The number of rotatable bonds is 7. The number of hydrogen-bond donors (Lipinski definition) is 1. The van der Waals surface area contributed by atoms with E-state index in [-0.39, 0.29) is 18.0 Å². The number of esters is 1. The van der Waals surface area contributed by atoms with Gasteiger partial charge < -0.3 is 14.6 Å². The Labute approximate surface area is 271 Å². The van der Waals surface area contributed by atoms with Crippen molar-refractivity contribution in [3.8, 4) is 0 Å². The molecule has 2 atom stereocenters. The molecule has 0 radical (unpaired) electrons. The van der Waals surface area contributed by atoms with E-state index in [9.17, 15) is 9.59 Å². The first kappa shape index (κ1) is 30.4. The number of hydrogen-bond acceptors (Lipinski definition) is 5. The van der Waals surface area contributed by atoms with Crippen molar-refractivity contribution in [1.82, 2.24) is 14.8 Å². The fraction of sp³-hybridized carbons (Fsp3) is 0.257. The topological polar surface area (TPSA) is 63.6 Å². The van der Waals surface area contributed by atoms with Gasteiger partial charge in [0.15, 0.2) is 5.50 Å². The van der Waals surface area contributed by atoms with Gasteiger partial charge in [0.2, 0.25) is 0 Å². The van der Waals surface area contributed by atoms with Crippen molar-refractivity contribution in [3.63, 3.8) is 0 Å². The van der Waals surface area contributed by atoms with Gasteiger partial charge in [0, 0.05) is 34.9 Å². The molecule has 3 heterocycles. The SMILES string of the molecule is CCOC(=O)C1=C(C)N[C@H]2S/C(=C\c3cn(Cc4ccc(Cl)c(Cl)c4)c4ccccc34)C(=O)N2[C@@H]1c1ccc(C(C)C)cc1. The molecule has 2 aliphatic heterocycles. The molecule has 226 valence electrons. The number of fused-ring (bicyclic) bond motifs is 2. The van der Waals surface area contributed by atoms with Gasteiger partial charge in [0.1, 0.15) is 0 Å². The quantitative estimate of drug-likeness (QED) is 0.161. The number of amides is 1. The van der Waals surface area contributed by atoms with Gasteiger partial charge in [-0.25, -0.2) is 4.79 Å². The molecule has 4 aromatic rings. The largest absolute Gasteiger partial charge is 0.463 e. The molecule has 9 heteroatoms. The first-order valence-electron chi connectivity index (χ1n) is 14.6. The molecule has 0 spiro atoms. The van der Waals surface area contributed by atoms with Gasteiger partial charge in [0.25, 0.3) is 5.91 Å². The molecule has 1 N–H and O–H groups in total. The summed E-state index contributed by atoms with van der Waals surface area (Å²) in [6.07, 6.45) is 4.02. The van der Waals surface area contributed by atoms with E-state index in [0.717, 1.165) is 27.6 Å². The van der Waals surface area contributed by atoms with Gasteiger partial charge in [0.05, 0.1) is 33.2 Å². The highest BCUT2D eigenvalue weighted by molar-refractivity contribution is 8.05. The summed E-state index contributed by atoms with van der Waals surface area (Å²) in [7, 11) is 0. The smallest absolute Gasteiger partial charge is 0.338 e. The standard InChI is InChI=1S/C35H33Cl2N3O3S/c1-5-43-34(42)31-21(4)38-35-40(32(31)24-13-11-23(12-14-24)20(2)3)33(41)30(44-35)17-25-19-39(29-9-7-6-8-26(25)29)18-22-10-15-27(36)28(37)16-22/h6-17,19-20,32,35,38H,5,18H2,1-4H3/b30-17-/t32-,35-/m1/s1. The van der Waals surface area contributed by atoms with Gasteiger partial charge in [-0.2, -0.15) is 0 Å². The molecule has 0 aliphatic carbocycles. The minimum absolute atomic E-state index is 0.138. The maximum atomic E-state index is 14.2. The number of nitrogens with one attached hydrogen (secondary N) is 1. The second kappa shape index (κ2) is 12.4. The Morgan fingerprint density at radius 3 is 2.52 bits per heavy atom. The average Bonchev–Trinajstić information content (AvgIpc) is 3.50. The maximum Gasteiger partial charge on any atom is 0.338 e. The molecule has 1 fully saturated rings. The van der Waals surface area contributed by atoms with Crippen LogP contribution in [0.25, 0.3) is 17.0 Å². The van der Waals surface area contributed by atoms with Crippen molar-refractivity contribution < 1.29 is 14.3 Å². The number of carbonyl (C=O) groups is 2. The molecule has 3 aromatic carbocycles. The van der Waals surface area contributed by atoms with Crippen molar-refractivity contribution in [2.75, 3.05) is 6.61 Å². The van der Waals surface area contributed by atoms with Crippen molar-refractivity contribution in [3.05, 3.63) is 121 Å². The van der Waals surface area contributed by atoms with Crippen molar-refractivity contribution >= 4 is 63.8 Å². The van der Waals surface area contributed by atoms with Crippen LogP contribution in [0.4, 0.5) is 0 Å². The predicted octanol–water partition coefficient (Wildman–Crippen LogP) is 8.50. The summed E-state index contributed by atoms with van der Waals surface area (Å²) in [5, 5.41) is 5.47. The van der Waals surface area contributed by atoms with Gasteiger partial charge in [-0.15, -0.1) is 0 Å². The van der Waals surface area contributed by atoms with E-state index in [1.807, 2.05) is 49.4 Å². The van der Waals surface area contributed by atoms with E-state index in [1.54, 1.807) is 17.9 Å². The monoisotopic (exact) mass is 645 g/mol. The molecule has 0 saturated carbocycles. The van der Waals surface area contributed by atoms with E-state index in [0.29, 0.717) is 38.7 Å². The molecule has 0 unspecified atom stereocenters. The number of carbonyl (C=O) groups excluding carboxylic acids is 2. The zero-order valence-corrected chi connectivity index (χ0v) is 27.3. The molecule has 44 heavy (non-hydrogen) atoms. The molecule has 1 amide bonds. The molecule has 6 rings (SSSR count).